The standard InChI is InChI=1S/C11H22N2/c1-7-8-10(2)13(6)9-11(3)12(4)5/h7-8,11H,1,9H2,2-6H3/b10-8+. The summed E-state index contributed by atoms with van der Waals surface area (Å²) in [6.07, 6.45) is 3.86. The Hall–Kier alpha value is -0.760. The van der Waals surface area contributed by atoms with E-state index < -0.39 is 0 Å². The van der Waals surface area contributed by atoms with Crippen molar-refractivity contribution in [2.75, 3.05) is 27.7 Å². The van der Waals surface area contributed by atoms with Crippen LogP contribution in [0.2, 0.25) is 0 Å². The van der Waals surface area contributed by atoms with Crippen LogP contribution in [0, 0.1) is 0 Å². The van der Waals surface area contributed by atoms with E-state index in [1.54, 1.807) is 0 Å². The van der Waals surface area contributed by atoms with Gasteiger partial charge in [-0.2, -0.15) is 0 Å². The molecule has 2 heteroatoms. The second-order valence-electron chi connectivity index (χ2n) is 3.74. The van der Waals surface area contributed by atoms with Gasteiger partial charge in [0.15, 0.2) is 0 Å². The summed E-state index contributed by atoms with van der Waals surface area (Å²) in [5.74, 6) is 0. The Labute approximate surface area is 82.5 Å². The minimum absolute atomic E-state index is 0.568. The van der Waals surface area contributed by atoms with Crippen LogP contribution in [-0.2, 0) is 0 Å². The molecule has 0 fully saturated rings. The van der Waals surface area contributed by atoms with Gasteiger partial charge in [0, 0.05) is 25.3 Å². The Kier molecular flexibility index (Phi) is 5.47. The Bertz CT molecular complexity index is 183. The molecular weight excluding hydrogens is 160 g/mol. The zero-order valence-corrected chi connectivity index (χ0v) is 9.54. The molecule has 0 aliphatic carbocycles. The van der Waals surface area contributed by atoms with Crippen molar-refractivity contribution < 1.29 is 0 Å². The van der Waals surface area contributed by atoms with Crippen LogP contribution in [0.25, 0.3) is 0 Å². The summed E-state index contributed by atoms with van der Waals surface area (Å²) < 4.78 is 0. The van der Waals surface area contributed by atoms with E-state index in [1.165, 1.54) is 5.70 Å². The fourth-order valence-corrected chi connectivity index (χ4v) is 1.00. The lowest BCUT2D eigenvalue weighted by molar-refractivity contribution is 0.248. The molecule has 0 saturated carbocycles. The van der Waals surface area contributed by atoms with Crippen LogP contribution in [0.5, 0.6) is 0 Å². The van der Waals surface area contributed by atoms with Gasteiger partial charge in [-0.3, -0.25) is 0 Å². The van der Waals surface area contributed by atoms with Gasteiger partial charge in [-0.1, -0.05) is 12.7 Å². The number of rotatable bonds is 5. The van der Waals surface area contributed by atoms with Crippen LogP contribution in [0.4, 0.5) is 0 Å². The summed E-state index contributed by atoms with van der Waals surface area (Å²) in [5, 5.41) is 0. The molecule has 0 aromatic heterocycles. The van der Waals surface area contributed by atoms with E-state index in [2.05, 4.69) is 51.4 Å². The average molecular weight is 182 g/mol. The molecule has 0 aromatic rings. The SMILES string of the molecule is C=C/C=C(\C)N(C)CC(C)N(C)C. The summed E-state index contributed by atoms with van der Waals surface area (Å²) in [5.41, 5.74) is 1.25. The van der Waals surface area contributed by atoms with E-state index in [-0.39, 0.29) is 0 Å². The van der Waals surface area contributed by atoms with Crippen LogP contribution >= 0.6 is 0 Å². The maximum absolute atomic E-state index is 3.68. The molecule has 0 aromatic carbocycles. The van der Waals surface area contributed by atoms with Crippen LogP contribution in [0.3, 0.4) is 0 Å². The molecule has 2 nitrogen and oxygen atoms in total. The van der Waals surface area contributed by atoms with E-state index in [0.29, 0.717) is 6.04 Å². The molecule has 13 heavy (non-hydrogen) atoms. The summed E-state index contributed by atoms with van der Waals surface area (Å²) in [4.78, 5) is 4.46. The van der Waals surface area contributed by atoms with Gasteiger partial charge in [0.1, 0.15) is 0 Å². The molecule has 0 aliphatic heterocycles. The van der Waals surface area contributed by atoms with Crippen molar-refractivity contribution in [2.45, 2.75) is 19.9 Å². The highest BCUT2D eigenvalue weighted by molar-refractivity contribution is 5.06. The fourth-order valence-electron chi connectivity index (χ4n) is 1.00. The van der Waals surface area contributed by atoms with Crippen molar-refractivity contribution >= 4 is 0 Å². The van der Waals surface area contributed by atoms with Crippen molar-refractivity contribution in [1.82, 2.24) is 9.80 Å². The molecule has 76 valence electrons. The molecular formula is C11H22N2. The van der Waals surface area contributed by atoms with Gasteiger partial charge in [-0.25, -0.2) is 0 Å². The first kappa shape index (κ1) is 12.2. The van der Waals surface area contributed by atoms with Crippen LogP contribution in [-0.4, -0.2) is 43.5 Å². The molecule has 0 aliphatic rings. The third-order valence-corrected chi connectivity index (χ3v) is 2.38. The summed E-state index contributed by atoms with van der Waals surface area (Å²) in [6, 6.07) is 0.568. The van der Waals surface area contributed by atoms with E-state index in [4.69, 9.17) is 0 Å². The lowest BCUT2D eigenvalue weighted by Gasteiger charge is -2.27. The van der Waals surface area contributed by atoms with Gasteiger partial charge < -0.3 is 9.80 Å². The molecule has 1 atom stereocenters. The first-order chi connectivity index (χ1) is 5.99. The first-order valence-electron chi connectivity index (χ1n) is 4.66. The van der Waals surface area contributed by atoms with E-state index in [9.17, 15) is 0 Å². The minimum atomic E-state index is 0.568. The van der Waals surface area contributed by atoms with Crippen molar-refractivity contribution in [3.8, 4) is 0 Å². The molecule has 0 spiro atoms. The molecule has 0 amide bonds. The zero-order chi connectivity index (χ0) is 10.4. The first-order valence-corrected chi connectivity index (χ1v) is 4.66. The van der Waals surface area contributed by atoms with Crippen LogP contribution in [0.1, 0.15) is 13.8 Å². The number of likely N-dealkylation sites (N-methyl/N-ethyl adjacent to an activating group) is 2. The monoisotopic (exact) mass is 182 g/mol. The molecule has 0 N–H and O–H groups in total. The van der Waals surface area contributed by atoms with Gasteiger partial charge in [-0.15, -0.1) is 0 Å². The van der Waals surface area contributed by atoms with E-state index >= 15 is 0 Å². The topological polar surface area (TPSA) is 6.48 Å². The predicted molar refractivity (Wildman–Crippen MR) is 59.7 cm³/mol. The van der Waals surface area contributed by atoms with E-state index in [1.807, 2.05) is 12.2 Å². The van der Waals surface area contributed by atoms with Crippen LogP contribution in [0.15, 0.2) is 24.4 Å². The second-order valence-corrected chi connectivity index (χ2v) is 3.74. The van der Waals surface area contributed by atoms with Crippen molar-refractivity contribution in [3.63, 3.8) is 0 Å². The molecule has 0 heterocycles. The maximum atomic E-state index is 3.68. The Morgan fingerprint density at radius 1 is 1.38 bits per heavy atom. The largest absolute Gasteiger partial charge is 0.377 e. The highest BCUT2D eigenvalue weighted by Gasteiger charge is 2.07. The lowest BCUT2D eigenvalue weighted by atomic mass is 10.2. The third kappa shape index (κ3) is 4.73. The lowest BCUT2D eigenvalue weighted by Crippen LogP contribution is -2.35. The number of allylic oxidation sites excluding steroid dienone is 3. The van der Waals surface area contributed by atoms with Crippen molar-refractivity contribution in [1.29, 1.82) is 0 Å². The van der Waals surface area contributed by atoms with Gasteiger partial charge in [-0.05, 0) is 34.0 Å². The highest BCUT2D eigenvalue weighted by Crippen LogP contribution is 2.03. The molecule has 0 bridgehead atoms. The van der Waals surface area contributed by atoms with E-state index in [0.717, 1.165) is 6.54 Å². The van der Waals surface area contributed by atoms with Crippen molar-refractivity contribution in [3.05, 3.63) is 24.4 Å². The van der Waals surface area contributed by atoms with Gasteiger partial charge in [0.05, 0.1) is 0 Å². The predicted octanol–water partition coefficient (Wildman–Crippen LogP) is 1.96. The molecule has 1 unspecified atom stereocenters. The zero-order valence-electron chi connectivity index (χ0n) is 9.54. The Morgan fingerprint density at radius 3 is 2.31 bits per heavy atom. The maximum Gasteiger partial charge on any atom is 0.0325 e. The third-order valence-electron chi connectivity index (χ3n) is 2.38. The van der Waals surface area contributed by atoms with Gasteiger partial charge in [0.25, 0.3) is 0 Å². The molecule has 0 rings (SSSR count). The fraction of sp³-hybridized carbons (Fsp3) is 0.636. The summed E-state index contributed by atoms with van der Waals surface area (Å²) in [7, 11) is 6.31. The second kappa shape index (κ2) is 5.81. The number of nitrogens with zero attached hydrogens (tertiary/aromatic N) is 2. The highest BCUT2D eigenvalue weighted by atomic mass is 15.2. The summed E-state index contributed by atoms with van der Waals surface area (Å²) >= 11 is 0. The average Bonchev–Trinajstić information content (AvgIpc) is 2.04. The quantitative estimate of drug-likeness (QED) is 0.600. The van der Waals surface area contributed by atoms with Crippen LogP contribution < -0.4 is 0 Å². The molecule has 0 saturated heterocycles. The molecule has 0 radical (unpaired) electrons. The van der Waals surface area contributed by atoms with Gasteiger partial charge >= 0.3 is 0 Å². The van der Waals surface area contributed by atoms with Crippen molar-refractivity contribution in [2.24, 2.45) is 0 Å². The summed E-state index contributed by atoms with van der Waals surface area (Å²) in [6.45, 7) is 9.05. The number of hydrogen-bond donors (Lipinski definition) is 0. The Balaban J connectivity index is 4.06. The minimum Gasteiger partial charge on any atom is -0.377 e. The normalized spacial score (nSPS) is 14.5. The Morgan fingerprint density at radius 2 is 1.92 bits per heavy atom. The smallest absolute Gasteiger partial charge is 0.0325 e. The number of hydrogen-bond acceptors (Lipinski definition) is 2. The van der Waals surface area contributed by atoms with Gasteiger partial charge in [0.2, 0.25) is 0 Å².